The number of rotatable bonds is 7. The summed E-state index contributed by atoms with van der Waals surface area (Å²) in [5, 5.41) is 5.78. The minimum Gasteiger partial charge on any atom is -0.378 e. The zero-order chi connectivity index (χ0) is 33.2. The van der Waals surface area contributed by atoms with Crippen LogP contribution >= 0.6 is 0 Å². The third-order valence-corrected chi connectivity index (χ3v) is 10.6. The number of urea groups is 1. The highest BCUT2D eigenvalue weighted by Crippen LogP contribution is 2.34. The second kappa shape index (κ2) is 14.3. The van der Waals surface area contributed by atoms with Crippen molar-refractivity contribution < 1.29 is 19.1 Å². The van der Waals surface area contributed by atoms with Crippen LogP contribution in [0.25, 0.3) is 11.4 Å². The maximum atomic E-state index is 13.1. The number of ether oxygens (including phenoxy) is 2. The second-order valence-corrected chi connectivity index (χ2v) is 13.7. The lowest BCUT2D eigenvalue weighted by Crippen LogP contribution is -2.47. The number of hydrogen-bond acceptors (Lipinski definition) is 10. The van der Waals surface area contributed by atoms with E-state index in [1.54, 1.807) is 24.3 Å². The van der Waals surface area contributed by atoms with Crippen molar-refractivity contribution in [1.82, 2.24) is 24.8 Å². The number of nitrogens with one attached hydrogen (secondary N) is 2. The molecule has 2 N–H and O–H groups in total. The molecule has 0 aliphatic carbocycles. The molecule has 8 rings (SSSR count). The summed E-state index contributed by atoms with van der Waals surface area (Å²) in [7, 11) is 0. The summed E-state index contributed by atoms with van der Waals surface area (Å²) in [6.45, 7) is 8.09. The maximum Gasteiger partial charge on any atom is 0.323 e. The average Bonchev–Trinajstić information content (AvgIpc) is 3.78. The summed E-state index contributed by atoms with van der Waals surface area (Å²) in [4.78, 5) is 49.8. The number of likely N-dealkylation sites (tertiary alicyclic amines) is 2. The molecule has 5 aliphatic heterocycles. The molecule has 2 aromatic carbocycles. The number of anilines is 4. The minimum absolute atomic E-state index is 0.0515. The lowest BCUT2D eigenvalue weighted by molar-refractivity contribution is 0.0644. The molecule has 3 aromatic rings. The molecule has 5 aliphatic rings. The predicted molar refractivity (Wildman–Crippen MR) is 187 cm³/mol. The molecule has 13 heteroatoms. The third kappa shape index (κ3) is 7.06. The molecule has 6 heterocycles. The number of fused-ring (bicyclic) bond motifs is 2. The fourth-order valence-corrected chi connectivity index (χ4v) is 7.87. The molecule has 0 radical (unpaired) electrons. The summed E-state index contributed by atoms with van der Waals surface area (Å²) in [6.07, 6.45) is 6.80. The molecule has 5 saturated heterocycles. The number of carbonyl (C=O) groups excluding carboxylic acids is 2. The summed E-state index contributed by atoms with van der Waals surface area (Å²) in [5.41, 5.74) is 2.73. The molecule has 2 unspecified atom stereocenters. The monoisotopic (exact) mass is 667 g/mol. The van der Waals surface area contributed by atoms with Crippen LogP contribution in [0, 0.1) is 0 Å². The topological polar surface area (TPSA) is 128 Å². The van der Waals surface area contributed by atoms with Gasteiger partial charge < -0.3 is 39.7 Å². The minimum atomic E-state index is -0.365. The number of morpholine rings is 2. The second-order valence-electron chi connectivity index (χ2n) is 13.7. The number of nitrogens with zero attached hydrogens (tertiary/aromatic N) is 7. The Kier molecular flexibility index (Phi) is 9.29. The van der Waals surface area contributed by atoms with Gasteiger partial charge in [-0.25, -0.2) is 4.79 Å². The molecule has 3 amide bonds. The number of piperidine rings is 1. The maximum absolute atomic E-state index is 13.1. The third-order valence-electron chi connectivity index (χ3n) is 10.6. The highest BCUT2D eigenvalue weighted by atomic mass is 16.5. The smallest absolute Gasteiger partial charge is 0.323 e. The van der Waals surface area contributed by atoms with Gasteiger partial charge in [0, 0.05) is 54.7 Å². The van der Waals surface area contributed by atoms with Gasteiger partial charge in [-0.3, -0.25) is 4.79 Å². The molecular formula is C36H45N9O4. The molecule has 13 nitrogen and oxygen atoms in total. The highest BCUT2D eigenvalue weighted by Gasteiger charge is 2.39. The van der Waals surface area contributed by atoms with Gasteiger partial charge in [0.25, 0.3) is 5.91 Å². The molecule has 5 fully saturated rings. The standard InChI is InChI=1S/C36H45N9O4/c46-33(43-17-13-29(14-18-43)42-15-1-2-16-42)26-5-9-28(10-6-26)38-36(47)37-27-7-3-25(4-8-27)32-39-34(44-19-21-48-22-20-44)41-35(40-32)45-30-11-12-31(45)24-49-23-30/h3-10,29-31H,1-2,11-24H2,(H2,37,38,47). The summed E-state index contributed by atoms with van der Waals surface area (Å²) < 4.78 is 11.4. The van der Waals surface area contributed by atoms with E-state index in [1.165, 1.54) is 25.9 Å². The van der Waals surface area contributed by atoms with Crippen LogP contribution in [0.2, 0.25) is 0 Å². The Morgan fingerprint density at radius 1 is 0.653 bits per heavy atom. The van der Waals surface area contributed by atoms with Crippen molar-refractivity contribution >= 4 is 35.2 Å². The van der Waals surface area contributed by atoms with E-state index < -0.39 is 0 Å². The molecule has 0 spiro atoms. The first-order chi connectivity index (χ1) is 24.1. The van der Waals surface area contributed by atoms with Crippen molar-refractivity contribution in [1.29, 1.82) is 0 Å². The van der Waals surface area contributed by atoms with Gasteiger partial charge in [0.15, 0.2) is 5.82 Å². The Balaban J connectivity index is 0.894. The predicted octanol–water partition coefficient (Wildman–Crippen LogP) is 4.09. The van der Waals surface area contributed by atoms with E-state index >= 15 is 0 Å². The average molecular weight is 668 g/mol. The SMILES string of the molecule is O=C(Nc1ccc(C(=O)N2CCC(N3CCCC3)CC2)cc1)Nc1ccc(-c2nc(N3CCOCC3)nc(N3C4CCC3COC4)n2)cc1. The van der Waals surface area contributed by atoms with Crippen molar-refractivity contribution in [2.45, 2.75) is 56.7 Å². The molecular weight excluding hydrogens is 622 g/mol. The van der Waals surface area contributed by atoms with E-state index in [0.29, 0.717) is 67.1 Å². The fourth-order valence-electron chi connectivity index (χ4n) is 7.87. The van der Waals surface area contributed by atoms with E-state index in [4.69, 9.17) is 24.4 Å². The van der Waals surface area contributed by atoms with E-state index in [2.05, 4.69) is 25.3 Å². The normalized spacial score (nSPS) is 23.1. The van der Waals surface area contributed by atoms with Crippen molar-refractivity contribution in [3.8, 4) is 11.4 Å². The Bertz CT molecular complexity index is 1600. The quantitative estimate of drug-likeness (QED) is 0.381. The summed E-state index contributed by atoms with van der Waals surface area (Å²) >= 11 is 0. The largest absolute Gasteiger partial charge is 0.378 e. The number of aromatic nitrogens is 3. The van der Waals surface area contributed by atoms with Crippen molar-refractivity contribution in [2.24, 2.45) is 0 Å². The van der Waals surface area contributed by atoms with Crippen molar-refractivity contribution in [3.63, 3.8) is 0 Å². The Labute approximate surface area is 287 Å². The summed E-state index contributed by atoms with van der Waals surface area (Å²) in [5.74, 6) is 2.00. The molecule has 258 valence electrons. The number of benzene rings is 2. The molecule has 1 aromatic heterocycles. The first kappa shape index (κ1) is 31.9. The van der Waals surface area contributed by atoms with Crippen molar-refractivity contribution in [2.75, 3.05) is 86.1 Å². The number of hydrogen-bond donors (Lipinski definition) is 2. The Hall–Kier alpha value is -4.33. The highest BCUT2D eigenvalue weighted by molar-refractivity contribution is 6.00. The van der Waals surface area contributed by atoms with Gasteiger partial charge in [-0.15, -0.1) is 0 Å². The molecule has 0 saturated carbocycles. The fraction of sp³-hybridized carbons (Fsp3) is 0.528. The van der Waals surface area contributed by atoms with Gasteiger partial charge in [-0.05, 0) is 100 Å². The first-order valence-corrected chi connectivity index (χ1v) is 17.8. The van der Waals surface area contributed by atoms with Gasteiger partial charge in [-0.1, -0.05) is 0 Å². The zero-order valence-electron chi connectivity index (χ0n) is 27.9. The zero-order valence-corrected chi connectivity index (χ0v) is 27.9. The van der Waals surface area contributed by atoms with Gasteiger partial charge in [-0.2, -0.15) is 15.0 Å². The van der Waals surface area contributed by atoms with E-state index in [9.17, 15) is 9.59 Å². The Morgan fingerprint density at radius 3 is 1.92 bits per heavy atom. The molecule has 2 bridgehead atoms. The van der Waals surface area contributed by atoms with Gasteiger partial charge in [0.1, 0.15) is 0 Å². The van der Waals surface area contributed by atoms with Gasteiger partial charge in [0.05, 0.1) is 38.5 Å². The van der Waals surface area contributed by atoms with Crippen LogP contribution in [0.1, 0.15) is 48.9 Å². The van der Waals surface area contributed by atoms with E-state index in [1.807, 2.05) is 29.2 Å². The molecule has 2 atom stereocenters. The van der Waals surface area contributed by atoms with Crippen LogP contribution in [0.5, 0.6) is 0 Å². The van der Waals surface area contributed by atoms with E-state index in [0.717, 1.165) is 57.4 Å². The van der Waals surface area contributed by atoms with Crippen LogP contribution < -0.4 is 20.4 Å². The number of carbonyl (C=O) groups is 2. The lowest BCUT2D eigenvalue weighted by Gasteiger charge is -2.36. The van der Waals surface area contributed by atoms with Gasteiger partial charge in [0.2, 0.25) is 11.9 Å². The van der Waals surface area contributed by atoms with E-state index in [-0.39, 0.29) is 24.0 Å². The summed E-state index contributed by atoms with van der Waals surface area (Å²) in [6, 6.07) is 15.4. The molecule has 49 heavy (non-hydrogen) atoms. The van der Waals surface area contributed by atoms with Crippen LogP contribution in [0.3, 0.4) is 0 Å². The Morgan fingerprint density at radius 2 is 1.27 bits per heavy atom. The van der Waals surface area contributed by atoms with Gasteiger partial charge >= 0.3 is 6.03 Å². The lowest BCUT2D eigenvalue weighted by atomic mass is 10.0. The van der Waals surface area contributed by atoms with Crippen LogP contribution in [0.15, 0.2) is 48.5 Å². The van der Waals surface area contributed by atoms with Crippen LogP contribution in [0.4, 0.5) is 28.1 Å². The van der Waals surface area contributed by atoms with Crippen LogP contribution in [-0.4, -0.2) is 121 Å². The number of amides is 3. The first-order valence-electron chi connectivity index (χ1n) is 17.8. The van der Waals surface area contributed by atoms with Crippen molar-refractivity contribution in [3.05, 3.63) is 54.1 Å². The van der Waals surface area contributed by atoms with Crippen LogP contribution in [-0.2, 0) is 9.47 Å².